The zero-order valence-corrected chi connectivity index (χ0v) is 14.9. The molecule has 0 aliphatic carbocycles. The Labute approximate surface area is 158 Å². The fourth-order valence-corrected chi connectivity index (χ4v) is 2.82. The second kappa shape index (κ2) is 7.71. The van der Waals surface area contributed by atoms with E-state index >= 15 is 0 Å². The molecule has 0 unspecified atom stereocenters. The molecular weight excluding hydrogens is 374 g/mol. The summed E-state index contributed by atoms with van der Waals surface area (Å²) in [5, 5.41) is 3.98. The molecule has 146 valence electrons. The second-order valence-electron chi connectivity index (χ2n) is 5.91. The zero-order valence-electron chi connectivity index (χ0n) is 14.9. The number of rotatable bonds is 6. The molecule has 0 spiro atoms. The number of benzene rings is 2. The first-order valence-electron chi connectivity index (χ1n) is 8.46. The third-order valence-corrected chi connectivity index (χ3v) is 4.07. The predicted octanol–water partition coefficient (Wildman–Crippen LogP) is 3.71. The zero-order chi connectivity index (χ0) is 19.5. The van der Waals surface area contributed by atoms with Gasteiger partial charge in [-0.05, 0) is 35.9 Å². The molecule has 2 heterocycles. The highest BCUT2D eigenvalue weighted by molar-refractivity contribution is 5.61. The van der Waals surface area contributed by atoms with Crippen LogP contribution in [0.2, 0.25) is 0 Å². The van der Waals surface area contributed by atoms with Crippen LogP contribution < -0.4 is 18.9 Å². The SMILES string of the molecule is COc1ccc(Cc2nc(-c3ccc4c(c3)OCCO4)no2)cc1OC(F)F. The summed E-state index contributed by atoms with van der Waals surface area (Å²) in [5.41, 5.74) is 1.38. The lowest BCUT2D eigenvalue weighted by atomic mass is 10.1. The summed E-state index contributed by atoms with van der Waals surface area (Å²) in [7, 11) is 1.38. The van der Waals surface area contributed by atoms with Crippen LogP contribution in [0.15, 0.2) is 40.9 Å². The van der Waals surface area contributed by atoms with Crippen molar-refractivity contribution in [3.05, 3.63) is 47.9 Å². The monoisotopic (exact) mass is 390 g/mol. The van der Waals surface area contributed by atoms with E-state index in [-0.39, 0.29) is 17.9 Å². The van der Waals surface area contributed by atoms with Crippen molar-refractivity contribution < 1.29 is 32.3 Å². The lowest BCUT2D eigenvalue weighted by Gasteiger charge is -2.18. The number of halogens is 2. The molecule has 1 aliphatic rings. The third-order valence-electron chi connectivity index (χ3n) is 4.07. The van der Waals surface area contributed by atoms with E-state index in [9.17, 15) is 8.78 Å². The minimum Gasteiger partial charge on any atom is -0.493 e. The van der Waals surface area contributed by atoms with Gasteiger partial charge in [0.25, 0.3) is 0 Å². The van der Waals surface area contributed by atoms with Gasteiger partial charge in [-0.3, -0.25) is 0 Å². The van der Waals surface area contributed by atoms with Crippen molar-refractivity contribution in [3.8, 4) is 34.4 Å². The Bertz CT molecular complexity index is 977. The van der Waals surface area contributed by atoms with Crippen molar-refractivity contribution in [1.29, 1.82) is 0 Å². The summed E-state index contributed by atoms with van der Waals surface area (Å²) in [6.45, 7) is -1.96. The molecule has 9 heteroatoms. The van der Waals surface area contributed by atoms with Crippen LogP contribution in [0.4, 0.5) is 8.78 Å². The Morgan fingerprint density at radius 2 is 1.86 bits per heavy atom. The van der Waals surface area contributed by atoms with Gasteiger partial charge in [-0.1, -0.05) is 11.2 Å². The van der Waals surface area contributed by atoms with E-state index in [1.54, 1.807) is 24.3 Å². The van der Waals surface area contributed by atoms with Gasteiger partial charge in [0, 0.05) is 5.56 Å². The maximum atomic E-state index is 12.6. The Hall–Kier alpha value is -3.36. The molecule has 3 aromatic rings. The van der Waals surface area contributed by atoms with Crippen LogP contribution >= 0.6 is 0 Å². The molecule has 4 rings (SSSR count). The van der Waals surface area contributed by atoms with E-state index in [1.807, 2.05) is 6.07 Å². The molecule has 1 aliphatic heterocycles. The smallest absolute Gasteiger partial charge is 0.387 e. The van der Waals surface area contributed by atoms with E-state index in [0.29, 0.717) is 42.0 Å². The van der Waals surface area contributed by atoms with Gasteiger partial charge >= 0.3 is 6.61 Å². The summed E-state index contributed by atoms with van der Waals surface area (Å²) in [6.07, 6.45) is 0.251. The largest absolute Gasteiger partial charge is 0.493 e. The second-order valence-corrected chi connectivity index (χ2v) is 5.91. The summed E-state index contributed by atoms with van der Waals surface area (Å²) in [6, 6.07) is 10.1. The van der Waals surface area contributed by atoms with Crippen LogP contribution in [-0.4, -0.2) is 37.1 Å². The fraction of sp³-hybridized carbons (Fsp3) is 0.263. The normalized spacial score (nSPS) is 12.9. The Kier molecular flexibility index (Phi) is 4.96. The molecular formula is C19H16F2N2O5. The number of aromatic nitrogens is 2. The first-order chi connectivity index (χ1) is 13.6. The molecule has 0 saturated carbocycles. The highest BCUT2D eigenvalue weighted by Crippen LogP contribution is 2.34. The number of ether oxygens (including phenoxy) is 4. The highest BCUT2D eigenvalue weighted by Gasteiger charge is 2.17. The minimum atomic E-state index is -2.95. The van der Waals surface area contributed by atoms with Gasteiger partial charge in [-0.2, -0.15) is 13.8 Å². The van der Waals surface area contributed by atoms with Gasteiger partial charge in [0.2, 0.25) is 11.7 Å². The van der Waals surface area contributed by atoms with Crippen LogP contribution in [-0.2, 0) is 6.42 Å². The molecule has 0 fully saturated rings. The lowest BCUT2D eigenvalue weighted by molar-refractivity contribution is -0.0512. The molecule has 28 heavy (non-hydrogen) atoms. The molecule has 0 atom stereocenters. The van der Waals surface area contributed by atoms with E-state index in [2.05, 4.69) is 14.9 Å². The first-order valence-corrected chi connectivity index (χ1v) is 8.46. The van der Waals surface area contributed by atoms with Crippen molar-refractivity contribution in [2.45, 2.75) is 13.0 Å². The van der Waals surface area contributed by atoms with Gasteiger partial charge < -0.3 is 23.5 Å². The van der Waals surface area contributed by atoms with Gasteiger partial charge in [-0.15, -0.1) is 0 Å². The fourth-order valence-electron chi connectivity index (χ4n) is 2.82. The molecule has 0 saturated heterocycles. The number of hydrogen-bond acceptors (Lipinski definition) is 7. The number of alkyl halides is 2. The molecule has 0 radical (unpaired) electrons. The number of fused-ring (bicyclic) bond motifs is 1. The average molecular weight is 390 g/mol. The topological polar surface area (TPSA) is 75.8 Å². The van der Waals surface area contributed by atoms with Gasteiger partial charge in [-0.25, -0.2) is 0 Å². The summed E-state index contributed by atoms with van der Waals surface area (Å²) < 4.78 is 51.0. The average Bonchev–Trinajstić information content (AvgIpc) is 3.16. The van der Waals surface area contributed by atoms with Crippen molar-refractivity contribution >= 4 is 0 Å². The van der Waals surface area contributed by atoms with Crippen molar-refractivity contribution in [1.82, 2.24) is 10.1 Å². The molecule has 0 amide bonds. The lowest BCUT2D eigenvalue weighted by Crippen LogP contribution is -2.15. The number of nitrogens with zero attached hydrogens (tertiary/aromatic N) is 2. The Morgan fingerprint density at radius 3 is 2.64 bits per heavy atom. The molecule has 2 aromatic carbocycles. The maximum absolute atomic E-state index is 12.6. The standard InChI is InChI=1S/C19H16F2N2O5/c1-24-13-4-2-11(8-16(13)27-19(20)21)9-17-22-18(23-28-17)12-3-5-14-15(10-12)26-7-6-25-14/h2-5,8,10,19H,6-7,9H2,1H3. The minimum absolute atomic E-state index is 0.0541. The van der Waals surface area contributed by atoms with Crippen molar-refractivity contribution in [2.75, 3.05) is 20.3 Å². The van der Waals surface area contributed by atoms with E-state index in [0.717, 1.165) is 5.56 Å². The summed E-state index contributed by atoms with van der Waals surface area (Å²) in [5.74, 6) is 2.18. The van der Waals surface area contributed by atoms with Crippen LogP contribution in [0.1, 0.15) is 11.5 Å². The number of hydrogen-bond donors (Lipinski definition) is 0. The maximum Gasteiger partial charge on any atom is 0.387 e. The van der Waals surface area contributed by atoms with Crippen molar-refractivity contribution in [3.63, 3.8) is 0 Å². The summed E-state index contributed by atoms with van der Waals surface area (Å²) in [4.78, 5) is 4.36. The molecule has 7 nitrogen and oxygen atoms in total. The first kappa shape index (κ1) is 18.0. The Morgan fingerprint density at radius 1 is 1.04 bits per heavy atom. The van der Waals surface area contributed by atoms with Crippen LogP contribution in [0.3, 0.4) is 0 Å². The van der Waals surface area contributed by atoms with E-state index in [4.69, 9.17) is 18.7 Å². The third kappa shape index (κ3) is 3.83. The number of methoxy groups -OCH3 is 1. The quantitative estimate of drug-likeness (QED) is 0.635. The molecule has 0 bridgehead atoms. The van der Waals surface area contributed by atoms with Gasteiger partial charge in [0.15, 0.2) is 23.0 Å². The summed E-state index contributed by atoms with van der Waals surface area (Å²) >= 11 is 0. The van der Waals surface area contributed by atoms with Gasteiger partial charge in [0.05, 0.1) is 13.5 Å². The highest BCUT2D eigenvalue weighted by atomic mass is 19.3. The van der Waals surface area contributed by atoms with Crippen molar-refractivity contribution in [2.24, 2.45) is 0 Å². The molecule has 1 aromatic heterocycles. The van der Waals surface area contributed by atoms with Gasteiger partial charge in [0.1, 0.15) is 13.2 Å². The van der Waals surface area contributed by atoms with Crippen LogP contribution in [0, 0.1) is 0 Å². The van der Waals surface area contributed by atoms with E-state index in [1.165, 1.54) is 13.2 Å². The van der Waals surface area contributed by atoms with Crippen LogP contribution in [0.5, 0.6) is 23.0 Å². The van der Waals surface area contributed by atoms with E-state index < -0.39 is 6.61 Å². The molecule has 0 N–H and O–H groups in total. The Balaban J connectivity index is 1.54. The van der Waals surface area contributed by atoms with Crippen LogP contribution in [0.25, 0.3) is 11.4 Å². The predicted molar refractivity (Wildman–Crippen MR) is 93.2 cm³/mol.